The van der Waals surface area contributed by atoms with Crippen LogP contribution in [0, 0.1) is 5.82 Å². The summed E-state index contributed by atoms with van der Waals surface area (Å²) in [6, 6.07) is 3.53. The van der Waals surface area contributed by atoms with E-state index in [0.29, 0.717) is 5.69 Å². The van der Waals surface area contributed by atoms with Crippen molar-refractivity contribution in [3.63, 3.8) is 0 Å². The molecule has 0 fully saturated rings. The van der Waals surface area contributed by atoms with E-state index in [-0.39, 0.29) is 21.8 Å². The number of hydrogen-bond donors (Lipinski definition) is 3. The quantitative estimate of drug-likeness (QED) is 0.422. The van der Waals surface area contributed by atoms with Crippen LogP contribution in [0.1, 0.15) is 5.69 Å². The maximum absolute atomic E-state index is 13.2. The van der Waals surface area contributed by atoms with E-state index in [2.05, 4.69) is 41.2 Å². The molecule has 11 heteroatoms. The fourth-order valence-electron chi connectivity index (χ4n) is 1.45. The van der Waals surface area contributed by atoms with Crippen molar-refractivity contribution in [1.82, 2.24) is 20.7 Å². The fourth-order valence-corrected chi connectivity index (χ4v) is 1.82. The third kappa shape index (κ3) is 4.02. The summed E-state index contributed by atoms with van der Waals surface area (Å²) < 4.78 is 18.0. The highest BCUT2D eigenvalue weighted by Crippen LogP contribution is 2.23. The number of hydroxylamine groups is 1. The van der Waals surface area contributed by atoms with E-state index in [1.165, 1.54) is 37.2 Å². The molecule has 0 aliphatic rings. The number of benzene rings is 1. The number of halogens is 2. The summed E-state index contributed by atoms with van der Waals surface area (Å²) in [6.07, 6.45) is 0. The van der Waals surface area contributed by atoms with Gasteiger partial charge in [-0.1, -0.05) is 0 Å². The Bertz CT molecular complexity index is 748. The van der Waals surface area contributed by atoms with Crippen LogP contribution in [0.15, 0.2) is 32.3 Å². The summed E-state index contributed by atoms with van der Waals surface area (Å²) in [4.78, 5) is 17.0. The lowest BCUT2D eigenvalue weighted by Crippen LogP contribution is -2.29. The smallest absolute Gasteiger partial charge is 0.322 e. The molecule has 2 amide bonds. The van der Waals surface area contributed by atoms with Crippen LogP contribution in [-0.4, -0.2) is 46.4 Å². The van der Waals surface area contributed by atoms with Crippen LogP contribution >= 0.6 is 15.9 Å². The second-order valence-corrected chi connectivity index (χ2v) is 5.31. The van der Waals surface area contributed by atoms with Crippen molar-refractivity contribution in [3.8, 4) is 0 Å². The molecule has 0 radical (unpaired) electrons. The summed E-state index contributed by atoms with van der Waals surface area (Å²) in [6.45, 7) is 0. The number of amidine groups is 1. The Balaban J connectivity index is 2.34. The highest BCUT2D eigenvalue weighted by molar-refractivity contribution is 9.10. The van der Waals surface area contributed by atoms with Crippen molar-refractivity contribution in [1.29, 1.82) is 0 Å². The molecule has 2 aromatic rings. The van der Waals surface area contributed by atoms with Gasteiger partial charge in [-0.2, -0.15) is 0 Å². The van der Waals surface area contributed by atoms with Crippen molar-refractivity contribution < 1.29 is 19.0 Å². The van der Waals surface area contributed by atoms with Crippen LogP contribution in [0.4, 0.5) is 20.7 Å². The molecule has 9 nitrogen and oxygen atoms in total. The Labute approximate surface area is 138 Å². The highest BCUT2D eigenvalue weighted by Gasteiger charge is 2.19. The normalized spacial score (nSPS) is 11.3. The van der Waals surface area contributed by atoms with Gasteiger partial charge in [0.1, 0.15) is 5.82 Å². The van der Waals surface area contributed by atoms with Crippen LogP contribution in [0.25, 0.3) is 0 Å². The fraction of sp³-hybridized carbons (Fsp3) is 0.167. The summed E-state index contributed by atoms with van der Waals surface area (Å²) in [7, 11) is 3.08. The first-order chi connectivity index (χ1) is 10.9. The van der Waals surface area contributed by atoms with Crippen LogP contribution in [-0.2, 0) is 0 Å². The number of carbonyl (C=O) groups is 1. The van der Waals surface area contributed by atoms with Gasteiger partial charge >= 0.3 is 6.03 Å². The lowest BCUT2D eigenvalue weighted by Gasteiger charge is -2.10. The van der Waals surface area contributed by atoms with Crippen LogP contribution in [0.5, 0.6) is 0 Å². The average Bonchev–Trinajstić information content (AvgIpc) is 2.96. The molecule has 0 spiro atoms. The van der Waals surface area contributed by atoms with Gasteiger partial charge in [0.05, 0.1) is 10.2 Å². The van der Waals surface area contributed by atoms with Gasteiger partial charge in [-0.25, -0.2) is 18.8 Å². The topological polar surface area (TPSA) is 116 Å². The first-order valence-corrected chi connectivity index (χ1v) is 6.96. The standard InChI is InChI=1S/C12H12BrFN6O3/c1-20(2)12(21)16-11-9(18-23-19-11)10(17-22)15-6-3-4-8(14)7(13)5-6/h3-5,22H,1-2H3,(H,15,17)(H,16,19,21). The van der Waals surface area contributed by atoms with Gasteiger partial charge in [0.2, 0.25) is 5.82 Å². The Hall–Kier alpha value is -2.53. The number of aromatic nitrogens is 2. The van der Waals surface area contributed by atoms with E-state index < -0.39 is 11.8 Å². The number of urea groups is 1. The zero-order valence-electron chi connectivity index (χ0n) is 12.0. The van der Waals surface area contributed by atoms with Crippen molar-refractivity contribution in [2.45, 2.75) is 0 Å². The maximum atomic E-state index is 13.2. The molecule has 23 heavy (non-hydrogen) atoms. The molecule has 2 rings (SSSR count). The molecule has 0 aliphatic carbocycles. The van der Waals surface area contributed by atoms with E-state index in [1.807, 2.05) is 5.48 Å². The molecule has 122 valence electrons. The SMILES string of the molecule is CN(C)C(=O)Nc1nonc1C(=Nc1ccc(F)c(Br)c1)NO. The summed E-state index contributed by atoms with van der Waals surface area (Å²) in [5.41, 5.74) is 2.14. The number of rotatable bonds is 3. The molecule has 1 heterocycles. The minimum atomic E-state index is -0.469. The number of carbonyl (C=O) groups excluding carboxylic acids is 1. The third-order valence-corrected chi connectivity index (χ3v) is 3.20. The summed E-state index contributed by atoms with van der Waals surface area (Å²) in [5, 5.41) is 18.8. The minimum absolute atomic E-state index is 0.0249. The number of nitrogens with zero attached hydrogens (tertiary/aromatic N) is 4. The van der Waals surface area contributed by atoms with Gasteiger partial charge in [-0.05, 0) is 44.4 Å². The second-order valence-electron chi connectivity index (χ2n) is 4.46. The molecule has 0 aliphatic heterocycles. The van der Waals surface area contributed by atoms with Gasteiger partial charge in [-0.15, -0.1) is 0 Å². The predicted octanol–water partition coefficient (Wildman–Crippen LogP) is 2.12. The average molecular weight is 387 g/mol. The highest BCUT2D eigenvalue weighted by atomic mass is 79.9. The number of amides is 2. The van der Waals surface area contributed by atoms with Crippen LogP contribution in [0.2, 0.25) is 0 Å². The zero-order chi connectivity index (χ0) is 17.0. The van der Waals surface area contributed by atoms with Crippen molar-refractivity contribution in [2.24, 2.45) is 4.99 Å². The molecule has 1 aromatic heterocycles. The Morgan fingerprint density at radius 3 is 2.78 bits per heavy atom. The molecule has 0 saturated carbocycles. The monoisotopic (exact) mass is 386 g/mol. The van der Waals surface area contributed by atoms with E-state index in [9.17, 15) is 14.4 Å². The predicted molar refractivity (Wildman–Crippen MR) is 82.2 cm³/mol. The second kappa shape index (κ2) is 7.15. The van der Waals surface area contributed by atoms with E-state index in [1.54, 1.807) is 0 Å². The molecule has 0 unspecified atom stereocenters. The van der Waals surface area contributed by atoms with Crippen molar-refractivity contribution in [2.75, 3.05) is 19.4 Å². The lowest BCUT2D eigenvalue weighted by atomic mass is 10.3. The molecule has 0 bridgehead atoms. The largest absolute Gasteiger partial charge is 0.331 e. The summed E-state index contributed by atoms with van der Waals surface area (Å²) >= 11 is 3.03. The van der Waals surface area contributed by atoms with Crippen LogP contribution < -0.4 is 10.8 Å². The Morgan fingerprint density at radius 1 is 1.43 bits per heavy atom. The van der Waals surface area contributed by atoms with E-state index >= 15 is 0 Å². The third-order valence-electron chi connectivity index (χ3n) is 2.59. The first-order valence-electron chi connectivity index (χ1n) is 6.17. The van der Waals surface area contributed by atoms with Gasteiger partial charge in [0, 0.05) is 14.1 Å². The number of anilines is 1. The molecule has 0 atom stereocenters. The summed E-state index contributed by atoms with van der Waals surface area (Å²) in [5.74, 6) is -0.631. The Morgan fingerprint density at radius 2 is 2.17 bits per heavy atom. The molecular weight excluding hydrogens is 375 g/mol. The minimum Gasteiger partial charge on any atom is -0.331 e. The maximum Gasteiger partial charge on any atom is 0.322 e. The van der Waals surface area contributed by atoms with Crippen molar-refractivity contribution >= 4 is 39.3 Å². The van der Waals surface area contributed by atoms with E-state index in [4.69, 9.17) is 0 Å². The molecule has 1 aromatic carbocycles. The number of aliphatic imine (C=N–C) groups is 1. The van der Waals surface area contributed by atoms with Gasteiger partial charge < -0.3 is 4.90 Å². The lowest BCUT2D eigenvalue weighted by molar-refractivity contribution is 0.230. The first kappa shape index (κ1) is 16.8. The van der Waals surface area contributed by atoms with Crippen molar-refractivity contribution in [3.05, 3.63) is 34.2 Å². The molecule has 0 saturated heterocycles. The van der Waals surface area contributed by atoms with Gasteiger partial charge in [-0.3, -0.25) is 16.0 Å². The van der Waals surface area contributed by atoms with Gasteiger partial charge in [0.25, 0.3) is 0 Å². The zero-order valence-corrected chi connectivity index (χ0v) is 13.6. The number of nitrogens with one attached hydrogen (secondary N) is 2. The molecular formula is C12H12BrFN6O3. The van der Waals surface area contributed by atoms with E-state index in [0.717, 1.165) is 0 Å². The molecule has 3 N–H and O–H groups in total. The van der Waals surface area contributed by atoms with Gasteiger partial charge in [0.15, 0.2) is 11.5 Å². The van der Waals surface area contributed by atoms with Crippen LogP contribution in [0.3, 0.4) is 0 Å². The Kier molecular flexibility index (Phi) is 5.24. The number of hydrogen-bond acceptors (Lipinski definition) is 6.